The number of nitrogens with one attached hydrogen (secondary N) is 3. The summed E-state index contributed by atoms with van der Waals surface area (Å²) in [5.74, 6) is -1.36. The fourth-order valence-corrected chi connectivity index (χ4v) is 2.42. The van der Waals surface area contributed by atoms with Crippen LogP contribution in [0.3, 0.4) is 0 Å². The van der Waals surface area contributed by atoms with Gasteiger partial charge in [-0.25, -0.2) is 9.78 Å². The van der Waals surface area contributed by atoms with E-state index in [4.69, 9.17) is 5.11 Å². The van der Waals surface area contributed by atoms with Crippen LogP contribution < -0.4 is 16.0 Å². The Morgan fingerprint density at radius 3 is 2.35 bits per heavy atom. The predicted molar refractivity (Wildman–Crippen MR) is 106 cm³/mol. The number of hydrogen-bond donors (Lipinski definition) is 4. The molecule has 1 amide bonds. The monoisotopic (exact) mass is 488 g/mol. The number of nitrogens with zero attached hydrogens (tertiary/aromatic N) is 5. The fourth-order valence-electron chi connectivity index (χ4n) is 2.42. The fraction of sp³-hybridized carbons (Fsp3) is 0.222. The van der Waals surface area contributed by atoms with Crippen molar-refractivity contribution in [3.05, 3.63) is 42.2 Å². The second-order valence-electron chi connectivity index (χ2n) is 6.60. The number of amides is 1. The molecule has 0 aromatic carbocycles. The van der Waals surface area contributed by atoms with E-state index in [1.807, 2.05) is 10.6 Å². The highest BCUT2D eigenvalue weighted by Crippen LogP contribution is 2.30. The van der Waals surface area contributed by atoms with E-state index < -0.39 is 42.1 Å². The molecule has 0 aliphatic heterocycles. The lowest BCUT2D eigenvalue weighted by Gasteiger charge is -2.18. The van der Waals surface area contributed by atoms with Crippen LogP contribution in [-0.4, -0.2) is 48.3 Å². The molecule has 0 saturated carbocycles. The first-order valence-electron chi connectivity index (χ1n) is 9.18. The standard InChI is InChI=1S/C18H14F6N8O2/c1-8(17(19,20)21)26-14-30-13(10-3-2-4-12(28-10)29-16(33)34)31-15(32-14)27-9-5-6-25-11(7-9)18(22,23)24/h2-8H,1H3,(H,28,29)(H,33,34)(H2,25,26,27,30,31,32). The van der Waals surface area contributed by atoms with E-state index in [2.05, 4.69) is 30.2 Å². The number of hydrogen-bond acceptors (Lipinski definition) is 8. The minimum atomic E-state index is -4.74. The van der Waals surface area contributed by atoms with Crippen molar-refractivity contribution in [2.75, 3.05) is 16.0 Å². The highest BCUT2D eigenvalue weighted by Gasteiger charge is 2.36. The molecule has 16 heteroatoms. The highest BCUT2D eigenvalue weighted by molar-refractivity contribution is 5.81. The van der Waals surface area contributed by atoms with Gasteiger partial charge in [0.05, 0.1) is 0 Å². The van der Waals surface area contributed by atoms with Gasteiger partial charge < -0.3 is 15.7 Å². The van der Waals surface area contributed by atoms with Crippen LogP contribution in [0.25, 0.3) is 11.5 Å². The molecule has 0 bridgehead atoms. The Morgan fingerprint density at radius 1 is 1.00 bits per heavy atom. The molecular weight excluding hydrogens is 474 g/mol. The van der Waals surface area contributed by atoms with Gasteiger partial charge in [0.2, 0.25) is 11.9 Å². The van der Waals surface area contributed by atoms with E-state index >= 15 is 0 Å². The first-order valence-corrected chi connectivity index (χ1v) is 9.18. The normalized spacial score (nSPS) is 12.7. The lowest BCUT2D eigenvalue weighted by molar-refractivity contribution is -0.141. The van der Waals surface area contributed by atoms with E-state index in [0.29, 0.717) is 6.07 Å². The van der Waals surface area contributed by atoms with Crippen molar-refractivity contribution in [1.29, 1.82) is 0 Å². The average Bonchev–Trinajstić information content (AvgIpc) is 2.72. The number of anilines is 4. The summed E-state index contributed by atoms with van der Waals surface area (Å²) in [4.78, 5) is 29.7. The molecule has 3 rings (SSSR count). The summed E-state index contributed by atoms with van der Waals surface area (Å²) in [5.41, 5.74) is -1.42. The van der Waals surface area contributed by atoms with Crippen LogP contribution in [0.1, 0.15) is 12.6 Å². The molecule has 0 spiro atoms. The first-order chi connectivity index (χ1) is 15.8. The molecule has 3 aromatic rings. The molecule has 0 saturated heterocycles. The van der Waals surface area contributed by atoms with Crippen LogP contribution in [0.2, 0.25) is 0 Å². The van der Waals surface area contributed by atoms with Crippen molar-refractivity contribution in [2.45, 2.75) is 25.3 Å². The summed E-state index contributed by atoms with van der Waals surface area (Å²) in [6.45, 7) is 0.810. The van der Waals surface area contributed by atoms with Crippen LogP contribution in [0.4, 0.5) is 54.5 Å². The van der Waals surface area contributed by atoms with Gasteiger partial charge in [0, 0.05) is 11.9 Å². The van der Waals surface area contributed by atoms with Gasteiger partial charge in [-0.05, 0) is 31.2 Å². The summed E-state index contributed by atoms with van der Waals surface area (Å²) < 4.78 is 77.8. The van der Waals surface area contributed by atoms with Crippen molar-refractivity contribution in [3.8, 4) is 11.5 Å². The minimum absolute atomic E-state index is 0.0508. The summed E-state index contributed by atoms with van der Waals surface area (Å²) in [7, 11) is 0. The molecule has 3 aromatic heterocycles. The third-order valence-electron chi connectivity index (χ3n) is 3.99. The first kappa shape index (κ1) is 24.4. The van der Waals surface area contributed by atoms with Crippen molar-refractivity contribution >= 4 is 29.5 Å². The summed E-state index contributed by atoms with van der Waals surface area (Å²) >= 11 is 0. The van der Waals surface area contributed by atoms with E-state index in [1.54, 1.807) is 0 Å². The van der Waals surface area contributed by atoms with Gasteiger partial charge in [-0.3, -0.25) is 10.3 Å². The van der Waals surface area contributed by atoms with Crippen molar-refractivity contribution in [1.82, 2.24) is 24.9 Å². The number of aromatic nitrogens is 5. The van der Waals surface area contributed by atoms with Gasteiger partial charge in [0.25, 0.3) is 0 Å². The van der Waals surface area contributed by atoms with Crippen molar-refractivity contribution in [2.24, 2.45) is 0 Å². The van der Waals surface area contributed by atoms with Crippen molar-refractivity contribution < 1.29 is 36.2 Å². The molecule has 0 radical (unpaired) electrons. The molecule has 0 fully saturated rings. The van der Waals surface area contributed by atoms with Crippen LogP contribution in [-0.2, 0) is 6.18 Å². The summed E-state index contributed by atoms with van der Waals surface area (Å²) in [6.07, 6.45) is -9.93. The maximum absolute atomic E-state index is 13.0. The molecule has 3 heterocycles. The zero-order valence-corrected chi connectivity index (χ0v) is 16.9. The molecule has 0 aliphatic rings. The van der Waals surface area contributed by atoms with Gasteiger partial charge >= 0.3 is 18.4 Å². The zero-order chi connectivity index (χ0) is 25.1. The lowest BCUT2D eigenvalue weighted by Crippen LogP contribution is -2.34. The van der Waals surface area contributed by atoms with E-state index in [1.165, 1.54) is 24.3 Å². The molecule has 4 N–H and O–H groups in total. The average molecular weight is 488 g/mol. The van der Waals surface area contributed by atoms with E-state index in [0.717, 1.165) is 13.1 Å². The number of carboxylic acid groups (broad SMARTS) is 1. The van der Waals surface area contributed by atoms with E-state index in [9.17, 15) is 31.1 Å². The maximum atomic E-state index is 13.0. The molecule has 180 valence electrons. The number of alkyl halides is 6. The second kappa shape index (κ2) is 9.32. The highest BCUT2D eigenvalue weighted by atomic mass is 19.4. The smallest absolute Gasteiger partial charge is 0.433 e. The Labute approximate surface area is 186 Å². The largest absolute Gasteiger partial charge is 0.465 e. The Bertz CT molecular complexity index is 1190. The van der Waals surface area contributed by atoms with E-state index in [-0.39, 0.29) is 23.0 Å². The quantitative estimate of drug-likeness (QED) is 0.368. The van der Waals surface area contributed by atoms with Gasteiger partial charge in [0.15, 0.2) is 5.82 Å². The Morgan fingerprint density at radius 2 is 1.71 bits per heavy atom. The Hall–Kier alpha value is -4.24. The Balaban J connectivity index is 2.02. The van der Waals surface area contributed by atoms with Gasteiger partial charge in [-0.1, -0.05) is 6.07 Å². The van der Waals surface area contributed by atoms with Crippen molar-refractivity contribution in [3.63, 3.8) is 0 Å². The van der Waals surface area contributed by atoms with Gasteiger partial charge in [-0.2, -0.15) is 41.3 Å². The second-order valence-corrected chi connectivity index (χ2v) is 6.60. The molecular formula is C18H14F6N8O2. The molecule has 1 atom stereocenters. The minimum Gasteiger partial charge on any atom is -0.465 e. The van der Waals surface area contributed by atoms with Crippen LogP contribution in [0.15, 0.2) is 36.5 Å². The SMILES string of the molecule is CC(Nc1nc(Nc2ccnc(C(F)(F)F)c2)nc(-c2cccc(NC(=O)O)n2)n1)C(F)(F)F. The molecule has 1 unspecified atom stereocenters. The predicted octanol–water partition coefficient (Wildman–Crippen LogP) is 4.54. The van der Waals surface area contributed by atoms with Crippen LogP contribution >= 0.6 is 0 Å². The Kier molecular flexibility index (Phi) is 6.69. The number of halogens is 6. The third-order valence-corrected chi connectivity index (χ3v) is 3.99. The van der Waals surface area contributed by atoms with Crippen LogP contribution in [0, 0.1) is 0 Å². The van der Waals surface area contributed by atoms with Crippen LogP contribution in [0.5, 0.6) is 0 Å². The lowest BCUT2D eigenvalue weighted by atomic mass is 10.3. The third kappa shape index (κ3) is 6.39. The number of rotatable bonds is 6. The molecule has 34 heavy (non-hydrogen) atoms. The maximum Gasteiger partial charge on any atom is 0.433 e. The summed E-state index contributed by atoms with van der Waals surface area (Å²) in [5, 5.41) is 15.3. The van der Waals surface area contributed by atoms with Gasteiger partial charge in [0.1, 0.15) is 23.2 Å². The van der Waals surface area contributed by atoms with Gasteiger partial charge in [-0.15, -0.1) is 0 Å². The molecule has 0 aliphatic carbocycles. The molecule has 10 nitrogen and oxygen atoms in total. The topological polar surface area (TPSA) is 138 Å². The number of pyridine rings is 2. The zero-order valence-electron chi connectivity index (χ0n) is 16.9. The summed E-state index contributed by atoms with van der Waals surface area (Å²) in [6, 6.07) is 3.77. The number of carbonyl (C=O) groups is 1.